The maximum absolute atomic E-state index is 13.1. The number of carbonyl (C=O) groups excluding carboxylic acids is 1. The number of hydrogen-bond acceptors (Lipinski definition) is 10. The predicted octanol–water partition coefficient (Wildman–Crippen LogP) is 4.47. The lowest BCUT2D eigenvalue weighted by molar-refractivity contribution is -0.274. The molecule has 0 saturated carbocycles. The summed E-state index contributed by atoms with van der Waals surface area (Å²) >= 11 is 0. The second-order valence-electron chi connectivity index (χ2n) is 9.44. The van der Waals surface area contributed by atoms with E-state index in [0.717, 1.165) is 12.1 Å². The number of sulfone groups is 1. The maximum Gasteiger partial charge on any atom is 0.573 e. The van der Waals surface area contributed by atoms with Crippen LogP contribution in [-0.2, 0) is 25.9 Å². The summed E-state index contributed by atoms with van der Waals surface area (Å²) in [5.74, 6) is -1.71. The second-order valence-corrected chi connectivity index (χ2v) is 11.5. The lowest BCUT2D eigenvalue weighted by Crippen LogP contribution is -2.29. The first-order valence-corrected chi connectivity index (χ1v) is 13.9. The molecular weight excluding hydrogens is 567 g/mol. The summed E-state index contributed by atoms with van der Waals surface area (Å²) in [6.07, 6.45) is -4.81. The largest absolute Gasteiger partial charge is 0.573 e. The van der Waals surface area contributed by atoms with Crippen molar-refractivity contribution < 1.29 is 40.4 Å². The van der Waals surface area contributed by atoms with Gasteiger partial charge in [-0.3, -0.25) is 4.79 Å². The van der Waals surface area contributed by atoms with Crippen molar-refractivity contribution in [2.45, 2.75) is 38.6 Å². The minimum atomic E-state index is -4.81. The fraction of sp³-hybridized carbons (Fsp3) is 0.346. The van der Waals surface area contributed by atoms with Crippen LogP contribution in [-0.4, -0.2) is 58.5 Å². The highest BCUT2D eigenvalue weighted by molar-refractivity contribution is 7.91. The minimum absolute atomic E-state index is 0.0173. The summed E-state index contributed by atoms with van der Waals surface area (Å²) < 4.78 is 78.8. The zero-order valence-electron chi connectivity index (χ0n) is 22.4. The van der Waals surface area contributed by atoms with Gasteiger partial charge < -0.3 is 14.0 Å². The number of alkyl halides is 3. The minimum Gasteiger partial charge on any atom is -0.469 e. The molecule has 2 aromatic heterocycles. The highest BCUT2D eigenvalue weighted by Crippen LogP contribution is 2.27. The third kappa shape index (κ3) is 7.28. The third-order valence-electron chi connectivity index (χ3n) is 6.12. The van der Waals surface area contributed by atoms with Crippen molar-refractivity contribution in [1.29, 1.82) is 0 Å². The topological polar surface area (TPSA) is 139 Å². The fourth-order valence-corrected chi connectivity index (χ4v) is 5.73. The molecule has 1 atom stereocenters. The van der Waals surface area contributed by atoms with Crippen LogP contribution in [0, 0.1) is 18.8 Å². The maximum atomic E-state index is 13.1. The van der Waals surface area contributed by atoms with Crippen LogP contribution in [0.1, 0.15) is 25.2 Å². The molecule has 0 bridgehead atoms. The molecule has 0 aliphatic rings. The average molecular weight is 594 g/mol. The fourth-order valence-electron chi connectivity index (χ4n) is 3.92. The predicted molar refractivity (Wildman–Crippen MR) is 138 cm³/mol. The molecule has 0 unspecified atom stereocenters. The summed E-state index contributed by atoms with van der Waals surface area (Å²) in [5, 5.41) is 8.23. The van der Waals surface area contributed by atoms with Gasteiger partial charge in [0.1, 0.15) is 11.6 Å². The van der Waals surface area contributed by atoms with Crippen molar-refractivity contribution in [2.75, 3.05) is 12.9 Å². The van der Waals surface area contributed by atoms with Gasteiger partial charge in [0.2, 0.25) is 11.6 Å². The Bertz CT molecular complexity index is 1630. The molecular formula is C26H26F3N5O6S. The molecule has 4 rings (SSSR count). The van der Waals surface area contributed by atoms with Crippen molar-refractivity contribution in [3.8, 4) is 28.9 Å². The lowest BCUT2D eigenvalue weighted by atomic mass is 9.98. The number of carbonyl (C=O) groups is 1. The van der Waals surface area contributed by atoms with Crippen LogP contribution in [0.5, 0.6) is 5.75 Å². The highest BCUT2D eigenvalue weighted by Gasteiger charge is 2.31. The molecule has 0 aliphatic carbocycles. The van der Waals surface area contributed by atoms with Gasteiger partial charge in [-0.05, 0) is 54.8 Å². The Labute approximate surface area is 233 Å². The van der Waals surface area contributed by atoms with Gasteiger partial charge >= 0.3 is 12.3 Å². The Morgan fingerprint density at radius 3 is 2.41 bits per heavy atom. The number of aryl methyl sites for hydroxylation is 1. The van der Waals surface area contributed by atoms with Gasteiger partial charge in [0.05, 0.1) is 30.2 Å². The molecule has 0 radical (unpaired) electrons. The zero-order valence-corrected chi connectivity index (χ0v) is 23.2. The van der Waals surface area contributed by atoms with Crippen molar-refractivity contribution >= 4 is 15.8 Å². The molecule has 218 valence electrons. The molecule has 0 fully saturated rings. The zero-order chi connectivity index (χ0) is 29.9. The van der Waals surface area contributed by atoms with Gasteiger partial charge in [-0.2, -0.15) is 4.98 Å². The van der Waals surface area contributed by atoms with Crippen LogP contribution in [0.25, 0.3) is 23.1 Å². The SMILES string of the molecule is COC(=O)[C@@H](CS(=O)(=O)c1cccc(Cn2nc(-c3nc(-c4ccc(OC(F)(F)F)cc4)no3)nc2C)c1)C(C)C. The van der Waals surface area contributed by atoms with Gasteiger partial charge in [-0.25, -0.2) is 18.1 Å². The smallest absolute Gasteiger partial charge is 0.469 e. The first-order valence-electron chi connectivity index (χ1n) is 12.3. The Balaban J connectivity index is 1.50. The van der Waals surface area contributed by atoms with Crippen LogP contribution in [0.4, 0.5) is 13.2 Å². The molecule has 15 heteroatoms. The van der Waals surface area contributed by atoms with Crippen molar-refractivity contribution in [1.82, 2.24) is 24.9 Å². The second kappa shape index (κ2) is 11.7. The Morgan fingerprint density at radius 2 is 1.78 bits per heavy atom. The molecule has 0 N–H and O–H groups in total. The highest BCUT2D eigenvalue weighted by atomic mass is 32.2. The molecule has 0 amide bonds. The normalized spacial score (nSPS) is 12.9. The number of hydrogen-bond donors (Lipinski definition) is 0. The van der Waals surface area contributed by atoms with Crippen LogP contribution >= 0.6 is 0 Å². The molecule has 41 heavy (non-hydrogen) atoms. The van der Waals surface area contributed by atoms with E-state index >= 15 is 0 Å². The van der Waals surface area contributed by atoms with E-state index < -0.39 is 28.1 Å². The first kappa shape index (κ1) is 29.7. The summed E-state index contributed by atoms with van der Waals surface area (Å²) in [6.45, 7) is 5.38. The van der Waals surface area contributed by atoms with Crippen molar-refractivity contribution in [3.05, 3.63) is 59.9 Å². The summed E-state index contributed by atoms with van der Waals surface area (Å²) in [6, 6.07) is 11.3. The van der Waals surface area contributed by atoms with E-state index in [0.29, 0.717) is 17.0 Å². The van der Waals surface area contributed by atoms with Crippen LogP contribution < -0.4 is 4.74 Å². The molecule has 0 saturated heterocycles. The van der Waals surface area contributed by atoms with E-state index in [1.54, 1.807) is 32.9 Å². The Morgan fingerprint density at radius 1 is 1.07 bits per heavy atom. The molecule has 4 aromatic rings. The molecule has 2 heterocycles. The molecule has 0 spiro atoms. The number of rotatable bonds is 10. The number of benzene rings is 2. The number of esters is 1. The van der Waals surface area contributed by atoms with E-state index in [-0.39, 0.29) is 46.4 Å². The number of nitrogens with zero attached hydrogens (tertiary/aromatic N) is 5. The number of aromatic nitrogens is 5. The Hall–Kier alpha value is -4.27. The van der Waals surface area contributed by atoms with Crippen LogP contribution in [0.15, 0.2) is 57.9 Å². The van der Waals surface area contributed by atoms with E-state index in [4.69, 9.17) is 9.26 Å². The Kier molecular flexibility index (Phi) is 8.47. The van der Waals surface area contributed by atoms with Crippen molar-refractivity contribution in [3.63, 3.8) is 0 Å². The number of methoxy groups -OCH3 is 1. The standard InChI is InChI=1S/C26H26F3N5O6S/c1-15(2)21(25(35)38-4)14-41(36,37)20-7-5-6-17(12-20)13-34-16(3)30-23(32-34)24-31-22(33-40-24)18-8-10-19(11-9-18)39-26(27,28)29/h5-12,15,21H,13-14H2,1-4H3/t21-/m0/s1. The molecule has 0 aliphatic heterocycles. The third-order valence-corrected chi connectivity index (χ3v) is 7.89. The van der Waals surface area contributed by atoms with Gasteiger partial charge in [0.15, 0.2) is 9.84 Å². The average Bonchev–Trinajstić information content (AvgIpc) is 3.54. The van der Waals surface area contributed by atoms with Gasteiger partial charge in [-0.15, -0.1) is 18.3 Å². The molecule has 2 aromatic carbocycles. The van der Waals surface area contributed by atoms with Crippen LogP contribution in [0.2, 0.25) is 0 Å². The van der Waals surface area contributed by atoms with Gasteiger partial charge in [0.25, 0.3) is 5.89 Å². The van der Waals surface area contributed by atoms with Crippen LogP contribution in [0.3, 0.4) is 0 Å². The number of ether oxygens (including phenoxy) is 2. The van der Waals surface area contributed by atoms with Crippen molar-refractivity contribution in [2.24, 2.45) is 11.8 Å². The van der Waals surface area contributed by atoms with E-state index in [2.05, 4.69) is 25.0 Å². The van der Waals surface area contributed by atoms with Gasteiger partial charge in [0, 0.05) is 5.56 Å². The lowest BCUT2D eigenvalue weighted by Gasteiger charge is -2.18. The monoisotopic (exact) mass is 593 g/mol. The summed E-state index contributed by atoms with van der Waals surface area (Å²) in [4.78, 5) is 20.7. The molecule has 11 nitrogen and oxygen atoms in total. The summed E-state index contributed by atoms with van der Waals surface area (Å²) in [7, 11) is -2.58. The first-order chi connectivity index (χ1) is 19.3. The van der Waals surface area contributed by atoms with E-state index in [1.165, 1.54) is 36.1 Å². The van der Waals surface area contributed by atoms with E-state index in [1.807, 2.05) is 0 Å². The quantitative estimate of drug-likeness (QED) is 0.242. The van der Waals surface area contributed by atoms with E-state index in [9.17, 15) is 26.4 Å². The number of halogens is 3. The van der Waals surface area contributed by atoms with Gasteiger partial charge in [-0.1, -0.05) is 31.1 Å². The summed E-state index contributed by atoms with van der Waals surface area (Å²) in [5.41, 5.74) is 1.01.